The highest BCUT2D eigenvalue weighted by Crippen LogP contribution is 2.18. The Morgan fingerprint density at radius 1 is 0.889 bits per heavy atom. The number of alkyl carbamates (subject to hydrolysis) is 1. The molecule has 3 N–H and O–H groups in total. The van der Waals surface area contributed by atoms with Crippen LogP contribution in [0.2, 0.25) is 0 Å². The van der Waals surface area contributed by atoms with Crippen LogP contribution in [0.5, 0.6) is 0 Å². The molecule has 2 aromatic carbocycles. The normalized spacial score (nSPS) is 10.8. The minimum Gasteiger partial charge on any atom is -0.440 e. The summed E-state index contributed by atoms with van der Waals surface area (Å²) in [7, 11) is 0. The number of amides is 2. The topological polar surface area (TPSA) is 79.5 Å². The molecule has 2 rings (SSSR count). The minimum absolute atomic E-state index is 0.106. The van der Waals surface area contributed by atoms with E-state index in [2.05, 4.69) is 20.7 Å². The van der Waals surface area contributed by atoms with Gasteiger partial charge in [0.1, 0.15) is 0 Å². The molecule has 2 aromatic rings. The number of halogens is 3. The zero-order valence-corrected chi connectivity index (χ0v) is 14.2. The van der Waals surface area contributed by atoms with Crippen molar-refractivity contribution >= 4 is 29.1 Å². The Kier molecular flexibility index (Phi) is 7.04. The molecular weight excluding hydrogens is 363 g/mol. The van der Waals surface area contributed by atoms with Gasteiger partial charge in [-0.1, -0.05) is 18.2 Å². The number of carbonyl (C=O) groups excluding carboxylic acids is 2. The van der Waals surface area contributed by atoms with Crippen LogP contribution in [0, 0.1) is 0 Å². The molecule has 0 aliphatic rings. The molecule has 0 aromatic heterocycles. The van der Waals surface area contributed by atoms with Crippen LogP contribution in [0.15, 0.2) is 54.6 Å². The first-order valence-electron chi connectivity index (χ1n) is 8.01. The van der Waals surface area contributed by atoms with Crippen LogP contribution in [0.1, 0.15) is 6.42 Å². The van der Waals surface area contributed by atoms with E-state index in [1.54, 1.807) is 24.3 Å². The number of rotatable bonds is 7. The first-order chi connectivity index (χ1) is 12.8. The number of alkyl halides is 3. The van der Waals surface area contributed by atoms with Gasteiger partial charge in [0.25, 0.3) is 0 Å². The van der Waals surface area contributed by atoms with E-state index in [9.17, 15) is 22.8 Å². The summed E-state index contributed by atoms with van der Waals surface area (Å²) in [6.07, 6.45) is -5.92. The van der Waals surface area contributed by atoms with Crippen molar-refractivity contribution in [2.75, 3.05) is 23.8 Å². The van der Waals surface area contributed by atoms with Gasteiger partial charge in [0.05, 0.1) is 0 Å². The van der Waals surface area contributed by atoms with Gasteiger partial charge in [-0.25, -0.2) is 4.79 Å². The molecule has 0 heterocycles. The molecule has 0 atom stereocenters. The van der Waals surface area contributed by atoms with Crippen molar-refractivity contribution in [1.29, 1.82) is 0 Å². The molecule has 0 saturated heterocycles. The molecule has 0 saturated carbocycles. The lowest BCUT2D eigenvalue weighted by Crippen LogP contribution is -2.31. The Balaban J connectivity index is 1.70. The summed E-state index contributed by atoms with van der Waals surface area (Å²) in [4.78, 5) is 22.8. The van der Waals surface area contributed by atoms with Gasteiger partial charge in [0.15, 0.2) is 6.61 Å². The maximum Gasteiger partial charge on any atom is 0.422 e. The summed E-state index contributed by atoms with van der Waals surface area (Å²) in [6.45, 7) is -1.81. The summed E-state index contributed by atoms with van der Waals surface area (Å²) in [5.41, 5.74) is 2.32. The summed E-state index contributed by atoms with van der Waals surface area (Å²) in [6, 6.07) is 16.5. The van der Waals surface area contributed by atoms with Crippen LogP contribution in [0.4, 0.5) is 35.0 Å². The fraction of sp³-hybridized carbons (Fsp3) is 0.222. The van der Waals surface area contributed by atoms with Crippen molar-refractivity contribution in [2.24, 2.45) is 0 Å². The highest BCUT2D eigenvalue weighted by Gasteiger charge is 2.29. The SMILES string of the molecule is O=C(CCNC(=O)OCC(F)(F)F)Nc1ccc(Nc2ccccc2)cc1. The third-order valence-electron chi connectivity index (χ3n) is 3.22. The minimum atomic E-state index is -4.59. The number of hydrogen-bond donors (Lipinski definition) is 3. The Morgan fingerprint density at radius 3 is 2.11 bits per heavy atom. The number of benzene rings is 2. The number of ether oxygens (including phenoxy) is 1. The van der Waals surface area contributed by atoms with Gasteiger partial charge >= 0.3 is 12.3 Å². The maximum atomic E-state index is 11.9. The third kappa shape index (κ3) is 8.13. The first kappa shape index (κ1) is 20.1. The quantitative estimate of drug-likeness (QED) is 0.676. The van der Waals surface area contributed by atoms with E-state index in [1.807, 2.05) is 30.3 Å². The van der Waals surface area contributed by atoms with E-state index in [-0.39, 0.29) is 13.0 Å². The van der Waals surface area contributed by atoms with Crippen molar-refractivity contribution in [3.05, 3.63) is 54.6 Å². The molecule has 0 aliphatic heterocycles. The van der Waals surface area contributed by atoms with Crippen LogP contribution >= 0.6 is 0 Å². The number of anilines is 3. The van der Waals surface area contributed by atoms with Crippen molar-refractivity contribution in [2.45, 2.75) is 12.6 Å². The lowest BCUT2D eigenvalue weighted by atomic mass is 10.2. The molecule has 0 fully saturated rings. The highest BCUT2D eigenvalue weighted by atomic mass is 19.4. The Labute approximate surface area is 153 Å². The Bertz CT molecular complexity index is 750. The molecule has 0 radical (unpaired) electrons. The molecule has 0 unspecified atom stereocenters. The molecule has 0 aliphatic carbocycles. The van der Waals surface area contributed by atoms with E-state index < -0.39 is 24.8 Å². The van der Waals surface area contributed by atoms with Gasteiger partial charge in [0.2, 0.25) is 5.91 Å². The van der Waals surface area contributed by atoms with Crippen LogP contribution in [-0.4, -0.2) is 31.3 Å². The van der Waals surface area contributed by atoms with Crippen LogP contribution in [0.25, 0.3) is 0 Å². The fourth-order valence-corrected chi connectivity index (χ4v) is 2.03. The average Bonchev–Trinajstić information content (AvgIpc) is 2.62. The summed E-state index contributed by atoms with van der Waals surface area (Å²) in [5, 5.41) is 7.90. The summed E-state index contributed by atoms with van der Waals surface area (Å²) in [5.74, 6) is -0.394. The van der Waals surface area contributed by atoms with Gasteiger partial charge in [-0.15, -0.1) is 0 Å². The second-order valence-corrected chi connectivity index (χ2v) is 5.48. The smallest absolute Gasteiger partial charge is 0.422 e. The van der Waals surface area contributed by atoms with Gasteiger partial charge in [-0.3, -0.25) is 4.79 Å². The third-order valence-corrected chi connectivity index (χ3v) is 3.22. The summed E-state index contributed by atoms with van der Waals surface area (Å²) >= 11 is 0. The fourth-order valence-electron chi connectivity index (χ4n) is 2.03. The van der Waals surface area contributed by atoms with E-state index in [4.69, 9.17) is 0 Å². The molecule has 0 spiro atoms. The molecule has 9 heteroatoms. The van der Waals surface area contributed by atoms with E-state index in [0.717, 1.165) is 11.4 Å². The van der Waals surface area contributed by atoms with E-state index in [0.29, 0.717) is 5.69 Å². The zero-order chi connectivity index (χ0) is 19.7. The standard InChI is InChI=1S/C18H18F3N3O3/c19-18(20,21)12-27-17(26)22-11-10-16(25)24-15-8-6-14(7-9-15)23-13-4-2-1-3-5-13/h1-9,23H,10-12H2,(H,22,26)(H,24,25). The predicted octanol–water partition coefficient (Wildman–Crippen LogP) is 4.05. The predicted molar refractivity (Wildman–Crippen MR) is 94.8 cm³/mol. The Morgan fingerprint density at radius 2 is 1.48 bits per heavy atom. The molecule has 0 bridgehead atoms. The first-order valence-corrected chi connectivity index (χ1v) is 8.01. The number of para-hydroxylation sites is 1. The van der Waals surface area contributed by atoms with Crippen molar-refractivity contribution < 1.29 is 27.5 Å². The highest BCUT2D eigenvalue weighted by molar-refractivity contribution is 5.91. The zero-order valence-electron chi connectivity index (χ0n) is 14.2. The molecule has 2 amide bonds. The second kappa shape index (κ2) is 9.46. The van der Waals surface area contributed by atoms with Crippen molar-refractivity contribution in [1.82, 2.24) is 5.32 Å². The number of carbonyl (C=O) groups is 2. The number of nitrogens with one attached hydrogen (secondary N) is 3. The average molecular weight is 381 g/mol. The van der Waals surface area contributed by atoms with Crippen LogP contribution < -0.4 is 16.0 Å². The monoisotopic (exact) mass is 381 g/mol. The summed E-state index contributed by atoms with van der Waals surface area (Å²) < 4.78 is 39.6. The maximum absolute atomic E-state index is 11.9. The number of hydrogen-bond acceptors (Lipinski definition) is 4. The molecule has 27 heavy (non-hydrogen) atoms. The molecule has 144 valence electrons. The van der Waals surface area contributed by atoms with Crippen molar-refractivity contribution in [3.8, 4) is 0 Å². The van der Waals surface area contributed by atoms with Gasteiger partial charge in [-0.2, -0.15) is 13.2 Å². The van der Waals surface area contributed by atoms with E-state index >= 15 is 0 Å². The van der Waals surface area contributed by atoms with Gasteiger partial charge < -0.3 is 20.7 Å². The Hall–Kier alpha value is -3.23. The lowest BCUT2D eigenvalue weighted by molar-refractivity contribution is -0.160. The van der Waals surface area contributed by atoms with Gasteiger partial charge in [0, 0.05) is 30.0 Å². The largest absolute Gasteiger partial charge is 0.440 e. The van der Waals surface area contributed by atoms with Crippen LogP contribution in [-0.2, 0) is 9.53 Å². The second-order valence-electron chi connectivity index (χ2n) is 5.48. The lowest BCUT2D eigenvalue weighted by Gasteiger charge is -2.10. The molecular formula is C18H18F3N3O3. The van der Waals surface area contributed by atoms with Crippen LogP contribution in [0.3, 0.4) is 0 Å². The van der Waals surface area contributed by atoms with Crippen molar-refractivity contribution in [3.63, 3.8) is 0 Å². The van der Waals surface area contributed by atoms with Gasteiger partial charge in [-0.05, 0) is 36.4 Å². The molecule has 6 nitrogen and oxygen atoms in total. The van der Waals surface area contributed by atoms with E-state index in [1.165, 1.54) is 0 Å².